The SMILES string of the molecule is CN1CCCN(c2nc(N)ccc2[N+](=O)[O-])CC1=O. The number of hydrogen-bond donors (Lipinski definition) is 1. The highest BCUT2D eigenvalue weighted by Gasteiger charge is 2.26. The van der Waals surface area contributed by atoms with Gasteiger partial charge in [0.25, 0.3) is 0 Å². The van der Waals surface area contributed by atoms with Crippen molar-refractivity contribution in [1.82, 2.24) is 9.88 Å². The molecule has 8 nitrogen and oxygen atoms in total. The van der Waals surface area contributed by atoms with E-state index in [9.17, 15) is 14.9 Å². The molecule has 2 rings (SSSR count). The van der Waals surface area contributed by atoms with Crippen molar-refractivity contribution in [2.45, 2.75) is 6.42 Å². The van der Waals surface area contributed by atoms with Gasteiger partial charge < -0.3 is 15.5 Å². The summed E-state index contributed by atoms with van der Waals surface area (Å²) in [5.41, 5.74) is 5.45. The van der Waals surface area contributed by atoms with Crippen LogP contribution in [-0.2, 0) is 4.79 Å². The maximum atomic E-state index is 11.8. The topological polar surface area (TPSA) is 106 Å². The number of nitro groups is 1. The van der Waals surface area contributed by atoms with Crippen molar-refractivity contribution in [3.63, 3.8) is 0 Å². The summed E-state index contributed by atoms with van der Waals surface area (Å²) >= 11 is 0. The van der Waals surface area contributed by atoms with Crippen LogP contribution in [0.3, 0.4) is 0 Å². The van der Waals surface area contributed by atoms with Gasteiger partial charge in [-0.05, 0) is 12.5 Å². The Balaban J connectivity index is 2.37. The van der Waals surface area contributed by atoms with Crippen molar-refractivity contribution in [1.29, 1.82) is 0 Å². The lowest BCUT2D eigenvalue weighted by Crippen LogP contribution is -2.35. The minimum Gasteiger partial charge on any atom is -0.384 e. The molecule has 2 heterocycles. The molecule has 1 aromatic heterocycles. The summed E-state index contributed by atoms with van der Waals surface area (Å²) in [6.45, 7) is 1.24. The minimum atomic E-state index is -0.513. The number of nitrogen functional groups attached to an aromatic ring is 1. The van der Waals surface area contributed by atoms with E-state index in [1.165, 1.54) is 12.1 Å². The lowest BCUT2D eigenvalue weighted by molar-refractivity contribution is -0.384. The summed E-state index contributed by atoms with van der Waals surface area (Å²) in [5, 5.41) is 11.0. The molecule has 0 radical (unpaired) electrons. The molecule has 1 aliphatic rings. The highest BCUT2D eigenvalue weighted by atomic mass is 16.6. The molecular weight excluding hydrogens is 250 g/mol. The Morgan fingerprint density at radius 1 is 1.42 bits per heavy atom. The van der Waals surface area contributed by atoms with Gasteiger partial charge in [0.1, 0.15) is 5.82 Å². The number of hydrogen-bond acceptors (Lipinski definition) is 6. The molecule has 0 spiro atoms. The second-order valence-corrected chi connectivity index (χ2v) is 4.43. The second kappa shape index (κ2) is 5.09. The largest absolute Gasteiger partial charge is 0.384 e. The van der Waals surface area contributed by atoms with Crippen molar-refractivity contribution in [2.24, 2.45) is 0 Å². The van der Waals surface area contributed by atoms with Crippen LogP contribution in [0, 0.1) is 10.1 Å². The molecule has 19 heavy (non-hydrogen) atoms. The molecule has 2 N–H and O–H groups in total. The fraction of sp³-hybridized carbons (Fsp3) is 0.455. The molecule has 0 aliphatic carbocycles. The van der Waals surface area contributed by atoms with E-state index in [4.69, 9.17) is 5.73 Å². The monoisotopic (exact) mass is 265 g/mol. The summed E-state index contributed by atoms with van der Waals surface area (Å²) in [6.07, 6.45) is 0.732. The molecule has 1 fully saturated rings. The quantitative estimate of drug-likeness (QED) is 0.606. The van der Waals surface area contributed by atoms with Crippen LogP contribution >= 0.6 is 0 Å². The van der Waals surface area contributed by atoms with Gasteiger partial charge in [0, 0.05) is 26.2 Å². The number of nitrogens with zero attached hydrogens (tertiary/aromatic N) is 4. The molecule has 1 amide bonds. The normalized spacial score (nSPS) is 16.4. The molecule has 0 unspecified atom stereocenters. The van der Waals surface area contributed by atoms with Crippen LogP contribution < -0.4 is 10.6 Å². The van der Waals surface area contributed by atoms with Crippen molar-refractivity contribution in [3.05, 3.63) is 22.2 Å². The van der Waals surface area contributed by atoms with E-state index in [-0.39, 0.29) is 29.8 Å². The van der Waals surface area contributed by atoms with Crippen LogP contribution in [0.2, 0.25) is 0 Å². The van der Waals surface area contributed by atoms with Crippen LogP contribution in [0.15, 0.2) is 12.1 Å². The number of pyridine rings is 1. The summed E-state index contributed by atoms with van der Waals surface area (Å²) < 4.78 is 0. The van der Waals surface area contributed by atoms with Crippen molar-refractivity contribution in [3.8, 4) is 0 Å². The van der Waals surface area contributed by atoms with E-state index in [2.05, 4.69) is 4.98 Å². The molecule has 0 aromatic carbocycles. The number of nitrogens with two attached hydrogens (primary N) is 1. The lowest BCUT2D eigenvalue weighted by atomic mass is 10.3. The zero-order valence-corrected chi connectivity index (χ0v) is 10.6. The number of rotatable bonds is 2. The van der Waals surface area contributed by atoms with Crippen LogP contribution in [0.25, 0.3) is 0 Å². The van der Waals surface area contributed by atoms with Gasteiger partial charge in [0.15, 0.2) is 0 Å². The first-order valence-electron chi connectivity index (χ1n) is 5.89. The Bertz CT molecular complexity index is 519. The number of amides is 1. The van der Waals surface area contributed by atoms with Gasteiger partial charge in [-0.1, -0.05) is 0 Å². The zero-order chi connectivity index (χ0) is 14.0. The third kappa shape index (κ3) is 2.72. The van der Waals surface area contributed by atoms with E-state index in [1.807, 2.05) is 0 Å². The number of carbonyl (C=O) groups is 1. The van der Waals surface area contributed by atoms with E-state index >= 15 is 0 Å². The fourth-order valence-corrected chi connectivity index (χ4v) is 2.00. The molecule has 1 aliphatic heterocycles. The van der Waals surface area contributed by atoms with E-state index in [0.29, 0.717) is 13.1 Å². The Morgan fingerprint density at radius 2 is 2.16 bits per heavy atom. The highest BCUT2D eigenvalue weighted by Crippen LogP contribution is 2.27. The van der Waals surface area contributed by atoms with Crippen molar-refractivity contribution >= 4 is 23.2 Å². The number of anilines is 2. The predicted molar refractivity (Wildman–Crippen MR) is 69.8 cm³/mol. The van der Waals surface area contributed by atoms with E-state index < -0.39 is 4.92 Å². The predicted octanol–water partition coefficient (Wildman–Crippen LogP) is 0.240. The van der Waals surface area contributed by atoms with Crippen LogP contribution in [0.5, 0.6) is 0 Å². The Labute approximate surface area is 110 Å². The zero-order valence-electron chi connectivity index (χ0n) is 10.6. The molecule has 0 bridgehead atoms. The third-order valence-corrected chi connectivity index (χ3v) is 3.05. The molecule has 0 atom stereocenters. The van der Waals surface area contributed by atoms with Gasteiger partial charge in [0.2, 0.25) is 11.7 Å². The average molecular weight is 265 g/mol. The van der Waals surface area contributed by atoms with Crippen LogP contribution in [0.4, 0.5) is 17.3 Å². The van der Waals surface area contributed by atoms with E-state index in [0.717, 1.165) is 6.42 Å². The molecule has 1 aromatic rings. The fourth-order valence-electron chi connectivity index (χ4n) is 2.00. The van der Waals surface area contributed by atoms with Gasteiger partial charge in [0.05, 0.1) is 11.5 Å². The van der Waals surface area contributed by atoms with Crippen LogP contribution in [0.1, 0.15) is 6.42 Å². The standard InChI is InChI=1S/C11H15N5O3/c1-14-5-2-6-15(7-10(14)17)11-8(16(18)19)3-4-9(12)13-11/h3-4H,2,5-7H2,1H3,(H2,12,13). The van der Waals surface area contributed by atoms with Crippen molar-refractivity contribution < 1.29 is 9.72 Å². The molecule has 1 saturated heterocycles. The van der Waals surface area contributed by atoms with Gasteiger partial charge in [-0.25, -0.2) is 4.98 Å². The number of carbonyl (C=O) groups excluding carboxylic acids is 1. The molecule has 102 valence electrons. The molecule has 0 saturated carbocycles. The second-order valence-electron chi connectivity index (χ2n) is 4.43. The van der Waals surface area contributed by atoms with Gasteiger partial charge in [-0.15, -0.1) is 0 Å². The van der Waals surface area contributed by atoms with Crippen LogP contribution in [-0.4, -0.2) is 47.4 Å². The first-order valence-corrected chi connectivity index (χ1v) is 5.89. The Morgan fingerprint density at radius 3 is 2.84 bits per heavy atom. The maximum absolute atomic E-state index is 11.8. The number of likely N-dealkylation sites (N-methyl/N-ethyl adjacent to an activating group) is 1. The molecule has 8 heteroatoms. The first kappa shape index (κ1) is 13.1. The summed E-state index contributed by atoms with van der Waals surface area (Å²) in [5.74, 6) is 0.273. The Kier molecular flexibility index (Phi) is 3.50. The van der Waals surface area contributed by atoms with Gasteiger partial charge in [-0.3, -0.25) is 14.9 Å². The third-order valence-electron chi connectivity index (χ3n) is 3.05. The summed E-state index contributed by atoms with van der Waals surface area (Å²) in [7, 11) is 1.72. The number of aromatic nitrogens is 1. The Hall–Kier alpha value is -2.38. The minimum absolute atomic E-state index is 0.0772. The summed E-state index contributed by atoms with van der Waals surface area (Å²) in [4.78, 5) is 29.5. The first-order chi connectivity index (χ1) is 8.99. The lowest BCUT2D eigenvalue weighted by Gasteiger charge is -2.20. The maximum Gasteiger partial charge on any atom is 0.311 e. The van der Waals surface area contributed by atoms with E-state index in [1.54, 1.807) is 16.8 Å². The van der Waals surface area contributed by atoms with Crippen molar-refractivity contribution in [2.75, 3.05) is 37.3 Å². The van der Waals surface area contributed by atoms with Gasteiger partial charge in [-0.2, -0.15) is 0 Å². The highest BCUT2D eigenvalue weighted by molar-refractivity contribution is 5.82. The average Bonchev–Trinajstić information content (AvgIpc) is 2.51. The smallest absolute Gasteiger partial charge is 0.311 e. The summed E-state index contributed by atoms with van der Waals surface area (Å²) in [6, 6.07) is 2.70. The van der Waals surface area contributed by atoms with Gasteiger partial charge >= 0.3 is 5.69 Å². The molecular formula is C11H15N5O3.